The van der Waals surface area contributed by atoms with E-state index in [1.54, 1.807) is 31.3 Å². The number of aromatic nitrogens is 1. The summed E-state index contributed by atoms with van der Waals surface area (Å²) in [5, 5.41) is 4.97. The average Bonchev–Trinajstić information content (AvgIpc) is 2.77. The van der Waals surface area contributed by atoms with Gasteiger partial charge in [0.2, 0.25) is 0 Å². The van der Waals surface area contributed by atoms with Gasteiger partial charge in [0.05, 0.1) is 18.4 Å². The van der Waals surface area contributed by atoms with Gasteiger partial charge in [0, 0.05) is 17.5 Å². The summed E-state index contributed by atoms with van der Waals surface area (Å²) in [4.78, 5) is 16.3. The number of rotatable bonds is 9. The SMILES string of the molecule is COc1ccc(C=NNC(=O)COc2cccc(C)c2)cc1CSc1ccccn1. The highest BCUT2D eigenvalue weighted by atomic mass is 32.2. The van der Waals surface area contributed by atoms with E-state index in [0.717, 1.165) is 27.5 Å². The predicted octanol–water partition coefficient (Wildman–Crippen LogP) is 4.22. The number of hydrogen-bond donors (Lipinski definition) is 1. The van der Waals surface area contributed by atoms with E-state index in [4.69, 9.17) is 9.47 Å². The number of carbonyl (C=O) groups is 1. The number of aryl methyl sites for hydroxylation is 1. The Morgan fingerprint density at radius 2 is 2.07 bits per heavy atom. The summed E-state index contributed by atoms with van der Waals surface area (Å²) in [6.45, 7) is 1.87. The Labute approximate surface area is 180 Å². The molecule has 3 aromatic rings. The fourth-order valence-electron chi connectivity index (χ4n) is 2.64. The van der Waals surface area contributed by atoms with Gasteiger partial charge in [-0.3, -0.25) is 4.79 Å². The summed E-state index contributed by atoms with van der Waals surface area (Å²) in [7, 11) is 1.65. The summed E-state index contributed by atoms with van der Waals surface area (Å²) in [5.41, 5.74) is 5.43. The Bertz CT molecular complexity index is 1010. The van der Waals surface area contributed by atoms with E-state index in [-0.39, 0.29) is 12.5 Å². The Morgan fingerprint density at radius 3 is 2.83 bits per heavy atom. The number of nitrogens with one attached hydrogen (secondary N) is 1. The van der Waals surface area contributed by atoms with E-state index in [9.17, 15) is 4.79 Å². The first-order valence-corrected chi connectivity index (χ1v) is 10.3. The summed E-state index contributed by atoms with van der Waals surface area (Å²) < 4.78 is 10.9. The zero-order chi connectivity index (χ0) is 21.2. The number of thioether (sulfide) groups is 1. The molecule has 0 bridgehead atoms. The van der Waals surface area contributed by atoms with E-state index < -0.39 is 0 Å². The summed E-state index contributed by atoms with van der Waals surface area (Å²) in [6.07, 6.45) is 3.37. The molecule has 0 unspecified atom stereocenters. The van der Waals surface area contributed by atoms with Crippen LogP contribution in [-0.4, -0.2) is 30.8 Å². The molecule has 6 nitrogen and oxygen atoms in total. The second-order valence-corrected chi connectivity index (χ2v) is 7.42. The van der Waals surface area contributed by atoms with Gasteiger partial charge >= 0.3 is 0 Å². The van der Waals surface area contributed by atoms with E-state index in [2.05, 4.69) is 15.5 Å². The number of pyridine rings is 1. The van der Waals surface area contributed by atoms with E-state index in [0.29, 0.717) is 11.5 Å². The van der Waals surface area contributed by atoms with Gasteiger partial charge in [-0.05, 0) is 60.5 Å². The number of amides is 1. The lowest BCUT2D eigenvalue weighted by molar-refractivity contribution is -0.123. The van der Waals surface area contributed by atoms with Crippen LogP contribution in [0.3, 0.4) is 0 Å². The second-order valence-electron chi connectivity index (χ2n) is 6.43. The Kier molecular flexibility index (Phi) is 7.86. The number of nitrogens with zero attached hydrogens (tertiary/aromatic N) is 2. The predicted molar refractivity (Wildman–Crippen MR) is 119 cm³/mol. The molecule has 0 atom stereocenters. The Hall–Kier alpha value is -3.32. The van der Waals surface area contributed by atoms with Gasteiger partial charge in [0.15, 0.2) is 6.61 Å². The molecule has 0 saturated carbocycles. The number of methoxy groups -OCH3 is 1. The van der Waals surface area contributed by atoms with Crippen LogP contribution in [0.15, 0.2) is 77.0 Å². The van der Waals surface area contributed by atoms with Gasteiger partial charge in [-0.2, -0.15) is 5.10 Å². The first-order chi connectivity index (χ1) is 14.6. The number of carbonyl (C=O) groups excluding carboxylic acids is 1. The van der Waals surface area contributed by atoms with Crippen molar-refractivity contribution in [1.29, 1.82) is 0 Å². The number of ether oxygens (including phenoxy) is 2. The normalized spacial score (nSPS) is 10.7. The van der Waals surface area contributed by atoms with E-state index in [1.165, 1.54) is 0 Å². The minimum atomic E-state index is -0.327. The van der Waals surface area contributed by atoms with E-state index in [1.807, 2.05) is 67.6 Å². The van der Waals surface area contributed by atoms with Crippen LogP contribution in [0.5, 0.6) is 11.5 Å². The Morgan fingerprint density at radius 1 is 1.17 bits per heavy atom. The first-order valence-electron chi connectivity index (χ1n) is 9.36. The highest BCUT2D eigenvalue weighted by Crippen LogP contribution is 2.27. The van der Waals surface area contributed by atoms with Crippen molar-refractivity contribution < 1.29 is 14.3 Å². The molecule has 1 heterocycles. The van der Waals surface area contributed by atoms with Crippen LogP contribution < -0.4 is 14.9 Å². The van der Waals surface area contributed by atoms with Gasteiger partial charge in [0.25, 0.3) is 5.91 Å². The maximum atomic E-state index is 11.9. The molecule has 3 rings (SSSR count). The summed E-state index contributed by atoms with van der Waals surface area (Å²) in [6, 6.07) is 19.1. The smallest absolute Gasteiger partial charge is 0.277 e. The fraction of sp³-hybridized carbons (Fsp3) is 0.174. The number of hydrogen-bond acceptors (Lipinski definition) is 6. The molecule has 0 spiro atoms. The van der Waals surface area contributed by atoms with Crippen LogP contribution in [0.1, 0.15) is 16.7 Å². The van der Waals surface area contributed by atoms with Crippen LogP contribution in [0, 0.1) is 6.92 Å². The maximum absolute atomic E-state index is 11.9. The monoisotopic (exact) mass is 421 g/mol. The topological polar surface area (TPSA) is 72.8 Å². The molecular weight excluding hydrogens is 398 g/mol. The molecule has 0 aliphatic carbocycles. The number of hydrazone groups is 1. The molecule has 0 fully saturated rings. The zero-order valence-corrected chi connectivity index (χ0v) is 17.7. The third kappa shape index (κ3) is 6.63. The third-order valence-electron chi connectivity index (χ3n) is 4.08. The molecule has 0 radical (unpaired) electrons. The Balaban J connectivity index is 1.54. The molecular formula is C23H23N3O3S. The average molecular weight is 422 g/mol. The van der Waals surface area contributed by atoms with Crippen molar-refractivity contribution in [2.24, 2.45) is 5.10 Å². The van der Waals surface area contributed by atoms with Crippen molar-refractivity contribution in [1.82, 2.24) is 10.4 Å². The van der Waals surface area contributed by atoms with Gasteiger partial charge < -0.3 is 9.47 Å². The minimum Gasteiger partial charge on any atom is -0.496 e. The van der Waals surface area contributed by atoms with Crippen LogP contribution in [-0.2, 0) is 10.5 Å². The largest absolute Gasteiger partial charge is 0.496 e. The lowest BCUT2D eigenvalue weighted by Crippen LogP contribution is -2.24. The van der Waals surface area contributed by atoms with Crippen LogP contribution in [0.25, 0.3) is 0 Å². The van der Waals surface area contributed by atoms with Crippen molar-refractivity contribution in [3.05, 3.63) is 83.6 Å². The van der Waals surface area contributed by atoms with Crippen molar-refractivity contribution in [3.63, 3.8) is 0 Å². The molecule has 30 heavy (non-hydrogen) atoms. The maximum Gasteiger partial charge on any atom is 0.277 e. The van der Waals surface area contributed by atoms with Gasteiger partial charge in [-0.15, -0.1) is 11.8 Å². The molecule has 7 heteroatoms. The highest BCUT2D eigenvalue weighted by Gasteiger charge is 2.06. The molecule has 2 aromatic carbocycles. The molecule has 1 aromatic heterocycles. The lowest BCUT2D eigenvalue weighted by Gasteiger charge is -2.09. The quantitative estimate of drug-likeness (QED) is 0.318. The molecule has 0 aliphatic rings. The van der Waals surface area contributed by atoms with Crippen LogP contribution in [0.4, 0.5) is 0 Å². The van der Waals surface area contributed by atoms with E-state index >= 15 is 0 Å². The minimum absolute atomic E-state index is 0.102. The number of benzene rings is 2. The molecule has 1 N–H and O–H groups in total. The summed E-state index contributed by atoms with van der Waals surface area (Å²) in [5.74, 6) is 1.83. The zero-order valence-electron chi connectivity index (χ0n) is 16.9. The second kappa shape index (κ2) is 11.0. The molecule has 1 amide bonds. The van der Waals surface area contributed by atoms with Crippen LogP contribution >= 0.6 is 11.8 Å². The van der Waals surface area contributed by atoms with Crippen molar-refractivity contribution in [2.75, 3.05) is 13.7 Å². The third-order valence-corrected chi connectivity index (χ3v) is 5.07. The van der Waals surface area contributed by atoms with Gasteiger partial charge in [-0.25, -0.2) is 10.4 Å². The van der Waals surface area contributed by atoms with Crippen LogP contribution in [0.2, 0.25) is 0 Å². The van der Waals surface area contributed by atoms with Crippen molar-refractivity contribution in [3.8, 4) is 11.5 Å². The standard InChI is InChI=1S/C23H23N3O3S/c1-17-6-5-7-20(12-17)29-15-22(27)26-25-14-18-9-10-21(28-2)19(13-18)16-30-23-8-3-4-11-24-23/h3-14H,15-16H2,1-2H3,(H,26,27). The molecule has 154 valence electrons. The lowest BCUT2D eigenvalue weighted by atomic mass is 10.1. The molecule has 0 saturated heterocycles. The highest BCUT2D eigenvalue weighted by molar-refractivity contribution is 7.98. The van der Waals surface area contributed by atoms with Crippen molar-refractivity contribution >= 4 is 23.9 Å². The van der Waals surface area contributed by atoms with Gasteiger partial charge in [-0.1, -0.05) is 18.2 Å². The first kappa shape index (κ1) is 21.4. The summed E-state index contributed by atoms with van der Waals surface area (Å²) >= 11 is 1.62. The van der Waals surface area contributed by atoms with Gasteiger partial charge in [0.1, 0.15) is 11.5 Å². The van der Waals surface area contributed by atoms with Crippen molar-refractivity contribution in [2.45, 2.75) is 17.7 Å². The fourth-order valence-corrected chi connectivity index (χ4v) is 3.48. The molecule has 0 aliphatic heterocycles.